The number of hydrogen-bond acceptors (Lipinski definition) is 5. The van der Waals surface area contributed by atoms with E-state index in [-0.39, 0.29) is 5.91 Å². The number of carbonyl (C=O) groups is 1. The van der Waals surface area contributed by atoms with E-state index in [0.29, 0.717) is 12.4 Å². The molecular weight excluding hydrogens is 234 g/mol. The molecule has 1 amide bonds. The van der Waals surface area contributed by atoms with Gasteiger partial charge in [0.25, 0.3) is 0 Å². The van der Waals surface area contributed by atoms with Gasteiger partial charge in [-0.2, -0.15) is 10.2 Å². The van der Waals surface area contributed by atoms with Crippen molar-refractivity contribution in [2.24, 2.45) is 7.05 Å². The third-order valence-electron chi connectivity index (χ3n) is 2.73. The molecule has 96 valence electrons. The number of nitrogens with one attached hydrogen (secondary N) is 1. The van der Waals surface area contributed by atoms with Crippen LogP contribution in [-0.4, -0.2) is 30.5 Å². The van der Waals surface area contributed by atoms with Gasteiger partial charge in [0.15, 0.2) is 0 Å². The van der Waals surface area contributed by atoms with E-state index in [1.807, 2.05) is 0 Å². The first-order chi connectivity index (χ1) is 8.59. The number of aromatic nitrogens is 5. The van der Waals surface area contributed by atoms with Crippen LogP contribution in [0.15, 0.2) is 18.9 Å². The van der Waals surface area contributed by atoms with Crippen molar-refractivity contribution in [3.63, 3.8) is 0 Å². The van der Waals surface area contributed by atoms with Crippen molar-refractivity contribution in [3.8, 4) is 0 Å². The Morgan fingerprint density at radius 3 is 2.89 bits per heavy atom. The van der Waals surface area contributed by atoms with E-state index < -0.39 is 6.04 Å². The molecule has 0 radical (unpaired) electrons. The lowest BCUT2D eigenvalue weighted by Gasteiger charge is -2.11. The maximum Gasteiger partial charge on any atom is 0.244 e. The normalized spacial score (nSPS) is 12.3. The fraction of sp³-hybridized carbons (Fsp3) is 0.400. The van der Waals surface area contributed by atoms with Gasteiger partial charge in [0.2, 0.25) is 5.91 Å². The summed E-state index contributed by atoms with van der Waals surface area (Å²) in [4.78, 5) is 15.7. The second kappa shape index (κ2) is 4.86. The predicted octanol–water partition coefficient (Wildman–Crippen LogP) is -0.529. The molecule has 1 unspecified atom stereocenters. The summed E-state index contributed by atoms with van der Waals surface area (Å²) >= 11 is 0. The van der Waals surface area contributed by atoms with Crippen LogP contribution in [0.5, 0.6) is 0 Å². The third-order valence-corrected chi connectivity index (χ3v) is 2.73. The van der Waals surface area contributed by atoms with Gasteiger partial charge >= 0.3 is 0 Å². The molecule has 8 nitrogen and oxygen atoms in total. The Hall–Kier alpha value is -2.38. The summed E-state index contributed by atoms with van der Waals surface area (Å²) in [5, 5.41) is 10.7. The summed E-state index contributed by atoms with van der Waals surface area (Å²) in [5.41, 5.74) is 6.57. The van der Waals surface area contributed by atoms with Crippen molar-refractivity contribution in [3.05, 3.63) is 24.4 Å². The van der Waals surface area contributed by atoms with E-state index in [4.69, 9.17) is 5.73 Å². The van der Waals surface area contributed by atoms with Gasteiger partial charge in [-0.1, -0.05) is 0 Å². The molecule has 18 heavy (non-hydrogen) atoms. The highest BCUT2D eigenvalue weighted by atomic mass is 16.2. The van der Waals surface area contributed by atoms with Crippen LogP contribution in [0.2, 0.25) is 0 Å². The first-order valence-corrected chi connectivity index (χ1v) is 5.47. The van der Waals surface area contributed by atoms with Crippen molar-refractivity contribution in [2.75, 3.05) is 5.73 Å². The number of amides is 1. The summed E-state index contributed by atoms with van der Waals surface area (Å²) in [6, 6.07) is -0.412. The highest BCUT2D eigenvalue weighted by Crippen LogP contribution is 2.09. The summed E-state index contributed by atoms with van der Waals surface area (Å²) in [6.45, 7) is 2.09. The average Bonchev–Trinajstić information content (AvgIpc) is 2.99. The van der Waals surface area contributed by atoms with Gasteiger partial charge in [0.1, 0.15) is 24.5 Å². The number of anilines is 1. The van der Waals surface area contributed by atoms with Crippen LogP contribution in [-0.2, 0) is 18.4 Å². The smallest absolute Gasteiger partial charge is 0.244 e. The number of nitrogens with two attached hydrogens (primary N) is 1. The molecule has 2 aromatic rings. The van der Waals surface area contributed by atoms with Gasteiger partial charge < -0.3 is 11.1 Å². The summed E-state index contributed by atoms with van der Waals surface area (Å²) in [7, 11) is 1.75. The minimum Gasteiger partial charge on any atom is -0.384 e. The van der Waals surface area contributed by atoms with Crippen LogP contribution in [0.3, 0.4) is 0 Å². The molecule has 0 saturated carbocycles. The molecule has 0 spiro atoms. The quantitative estimate of drug-likeness (QED) is 0.758. The zero-order valence-electron chi connectivity index (χ0n) is 10.2. The lowest BCUT2D eigenvalue weighted by molar-refractivity contribution is -0.124. The SMILES string of the molecule is CC(C(=O)NCc1cnn(C)c1N)n1cncn1. The Labute approximate surface area is 104 Å². The predicted molar refractivity (Wildman–Crippen MR) is 64.2 cm³/mol. The van der Waals surface area contributed by atoms with E-state index >= 15 is 0 Å². The van der Waals surface area contributed by atoms with Crippen LogP contribution in [0.25, 0.3) is 0 Å². The Kier molecular flexibility index (Phi) is 3.26. The Morgan fingerprint density at radius 2 is 2.33 bits per heavy atom. The molecule has 2 heterocycles. The van der Waals surface area contributed by atoms with Crippen molar-refractivity contribution >= 4 is 11.7 Å². The molecule has 0 aliphatic carbocycles. The monoisotopic (exact) mass is 249 g/mol. The van der Waals surface area contributed by atoms with Crippen LogP contribution < -0.4 is 11.1 Å². The summed E-state index contributed by atoms with van der Waals surface area (Å²) in [5.74, 6) is 0.396. The lowest BCUT2D eigenvalue weighted by atomic mass is 10.3. The average molecular weight is 249 g/mol. The van der Waals surface area contributed by atoms with Gasteiger partial charge in [-0.25, -0.2) is 9.67 Å². The maximum atomic E-state index is 11.9. The van der Waals surface area contributed by atoms with E-state index in [1.54, 1.807) is 24.9 Å². The summed E-state index contributed by atoms with van der Waals surface area (Å²) in [6.07, 6.45) is 4.53. The fourth-order valence-corrected chi connectivity index (χ4v) is 1.50. The van der Waals surface area contributed by atoms with Crippen LogP contribution in [0.1, 0.15) is 18.5 Å². The van der Waals surface area contributed by atoms with Crippen LogP contribution >= 0.6 is 0 Å². The molecule has 0 aromatic carbocycles. The highest BCUT2D eigenvalue weighted by molar-refractivity contribution is 5.79. The van der Waals surface area contributed by atoms with Gasteiger partial charge in [-0.05, 0) is 6.92 Å². The zero-order chi connectivity index (χ0) is 13.1. The zero-order valence-corrected chi connectivity index (χ0v) is 10.2. The Balaban J connectivity index is 1.94. The number of carbonyl (C=O) groups excluding carboxylic acids is 1. The van der Waals surface area contributed by atoms with E-state index in [9.17, 15) is 4.79 Å². The Bertz CT molecular complexity index is 530. The highest BCUT2D eigenvalue weighted by Gasteiger charge is 2.15. The molecule has 8 heteroatoms. The number of aryl methyl sites for hydroxylation is 1. The molecule has 2 rings (SSSR count). The largest absolute Gasteiger partial charge is 0.384 e. The second-order valence-electron chi connectivity index (χ2n) is 3.95. The molecule has 0 fully saturated rings. The van der Waals surface area contributed by atoms with Gasteiger partial charge in [0, 0.05) is 19.2 Å². The number of hydrogen-bond donors (Lipinski definition) is 2. The molecule has 0 aliphatic rings. The van der Waals surface area contributed by atoms with Crippen LogP contribution in [0.4, 0.5) is 5.82 Å². The first-order valence-electron chi connectivity index (χ1n) is 5.47. The molecule has 0 aliphatic heterocycles. The first kappa shape index (κ1) is 12.1. The minimum absolute atomic E-state index is 0.149. The van der Waals surface area contributed by atoms with E-state index in [0.717, 1.165) is 5.56 Å². The molecule has 0 saturated heterocycles. The van der Waals surface area contributed by atoms with Crippen LogP contribution in [0, 0.1) is 0 Å². The second-order valence-corrected chi connectivity index (χ2v) is 3.95. The molecule has 0 bridgehead atoms. The van der Waals surface area contributed by atoms with Crippen molar-refractivity contribution in [1.29, 1.82) is 0 Å². The third kappa shape index (κ3) is 2.31. The number of rotatable bonds is 4. The Morgan fingerprint density at radius 1 is 1.56 bits per heavy atom. The molecule has 1 atom stereocenters. The maximum absolute atomic E-state index is 11.9. The fourth-order valence-electron chi connectivity index (χ4n) is 1.50. The molecule has 2 aromatic heterocycles. The molecular formula is C10H15N7O. The minimum atomic E-state index is -0.412. The standard InChI is InChI=1S/C10H15N7O/c1-7(17-6-12-5-15-17)10(18)13-3-8-4-14-16(2)9(8)11/h4-7H,3,11H2,1-2H3,(H,13,18). The topological polar surface area (TPSA) is 104 Å². The number of nitrogens with zero attached hydrogens (tertiary/aromatic N) is 5. The van der Waals surface area contributed by atoms with Crippen molar-refractivity contribution < 1.29 is 4.79 Å². The van der Waals surface area contributed by atoms with Gasteiger partial charge in [0.05, 0.1) is 6.20 Å². The molecule has 3 N–H and O–H groups in total. The lowest BCUT2D eigenvalue weighted by Crippen LogP contribution is -2.31. The van der Waals surface area contributed by atoms with E-state index in [1.165, 1.54) is 17.3 Å². The van der Waals surface area contributed by atoms with Crippen molar-refractivity contribution in [1.82, 2.24) is 29.9 Å². The van der Waals surface area contributed by atoms with Crippen molar-refractivity contribution in [2.45, 2.75) is 19.5 Å². The van der Waals surface area contributed by atoms with Gasteiger partial charge in [-0.15, -0.1) is 0 Å². The van der Waals surface area contributed by atoms with Gasteiger partial charge in [-0.3, -0.25) is 9.48 Å². The summed E-state index contributed by atoms with van der Waals surface area (Å²) < 4.78 is 3.05. The number of nitrogen functional groups attached to an aromatic ring is 1. The van der Waals surface area contributed by atoms with E-state index in [2.05, 4.69) is 20.5 Å².